The molecule has 0 N–H and O–H groups in total. The maximum atomic E-state index is 11.6. The Labute approximate surface area is 89.3 Å². The zero-order valence-corrected chi connectivity index (χ0v) is 9.05. The summed E-state index contributed by atoms with van der Waals surface area (Å²) in [6, 6.07) is 1.68. The normalized spacial score (nSPS) is 10.1. The lowest BCUT2D eigenvalue weighted by Crippen LogP contribution is -2.00. The number of carbonyl (C=O) groups is 1. The van der Waals surface area contributed by atoms with Crippen LogP contribution in [0, 0.1) is 0 Å². The second-order valence-electron chi connectivity index (χ2n) is 3.24. The Morgan fingerprint density at radius 1 is 1.50 bits per heavy atom. The van der Waals surface area contributed by atoms with Crippen LogP contribution in [-0.4, -0.2) is 10.8 Å². The van der Waals surface area contributed by atoms with Gasteiger partial charge in [-0.15, -0.1) is 0 Å². The Morgan fingerprint density at radius 2 is 2.29 bits per heavy atom. The second-order valence-corrected chi connectivity index (χ2v) is 3.64. The average molecular weight is 212 g/mol. The predicted molar refractivity (Wildman–Crippen MR) is 57.7 cm³/mol. The molecule has 1 aromatic rings. The third-order valence-corrected chi connectivity index (χ3v) is 2.38. The molecule has 0 saturated heterocycles. The molecule has 1 rings (SSSR count). The number of hydrogen-bond acceptors (Lipinski definition) is 2. The van der Waals surface area contributed by atoms with Crippen molar-refractivity contribution in [2.75, 3.05) is 0 Å². The van der Waals surface area contributed by atoms with Crippen molar-refractivity contribution in [1.29, 1.82) is 0 Å². The summed E-state index contributed by atoms with van der Waals surface area (Å²) in [6.07, 6.45) is 6.84. The zero-order valence-electron chi connectivity index (χ0n) is 8.29. The minimum atomic E-state index is 0.117. The molecule has 0 atom stereocenters. The van der Waals surface area contributed by atoms with Crippen molar-refractivity contribution in [2.45, 2.75) is 32.6 Å². The van der Waals surface area contributed by atoms with Crippen LogP contribution in [0.3, 0.4) is 0 Å². The van der Waals surface area contributed by atoms with E-state index in [1.807, 2.05) is 0 Å². The smallest absolute Gasteiger partial charge is 0.164 e. The summed E-state index contributed by atoms with van der Waals surface area (Å²) in [5.74, 6) is 0.117. The molecule has 1 heterocycles. The van der Waals surface area contributed by atoms with Crippen molar-refractivity contribution in [1.82, 2.24) is 4.98 Å². The number of halogens is 1. The summed E-state index contributed by atoms with van der Waals surface area (Å²) in [6.45, 7) is 2.11. The lowest BCUT2D eigenvalue weighted by Gasteiger charge is -2.01. The van der Waals surface area contributed by atoms with Crippen LogP contribution in [0.5, 0.6) is 0 Å². The minimum Gasteiger partial charge on any atom is -0.294 e. The van der Waals surface area contributed by atoms with Gasteiger partial charge in [0.15, 0.2) is 5.78 Å². The highest BCUT2D eigenvalue weighted by Crippen LogP contribution is 2.16. The molecule has 0 unspecified atom stereocenters. The Hall–Kier alpha value is -0.890. The molecule has 0 amide bonds. The maximum absolute atomic E-state index is 11.6. The van der Waals surface area contributed by atoms with Gasteiger partial charge in [0.1, 0.15) is 0 Å². The lowest BCUT2D eigenvalue weighted by atomic mass is 10.1. The number of carbonyl (C=O) groups excluding carboxylic acids is 1. The van der Waals surface area contributed by atoms with E-state index in [4.69, 9.17) is 11.6 Å². The van der Waals surface area contributed by atoms with Crippen LogP contribution in [0.4, 0.5) is 0 Å². The van der Waals surface area contributed by atoms with Crippen molar-refractivity contribution in [2.24, 2.45) is 0 Å². The summed E-state index contributed by atoms with van der Waals surface area (Å²) in [4.78, 5) is 15.5. The number of hydrogen-bond donors (Lipinski definition) is 0. The molecule has 76 valence electrons. The predicted octanol–water partition coefficient (Wildman–Crippen LogP) is 3.50. The first-order valence-electron chi connectivity index (χ1n) is 4.88. The summed E-state index contributed by atoms with van der Waals surface area (Å²) in [7, 11) is 0. The minimum absolute atomic E-state index is 0.117. The number of Topliss-reactive ketones (excluding diaryl/α,β-unsaturated/α-hetero) is 1. The number of nitrogens with zero attached hydrogens (tertiary/aromatic N) is 1. The van der Waals surface area contributed by atoms with Crippen LogP contribution in [0.2, 0.25) is 5.02 Å². The Balaban J connectivity index is 2.56. The number of aromatic nitrogens is 1. The highest BCUT2D eigenvalue weighted by atomic mass is 35.5. The molecule has 2 nitrogen and oxygen atoms in total. The molecule has 0 fully saturated rings. The molecule has 0 spiro atoms. The van der Waals surface area contributed by atoms with E-state index in [1.165, 1.54) is 6.20 Å². The van der Waals surface area contributed by atoms with Crippen molar-refractivity contribution < 1.29 is 4.79 Å². The first-order valence-corrected chi connectivity index (χ1v) is 5.26. The number of unbranched alkanes of at least 4 members (excludes halogenated alkanes) is 2. The lowest BCUT2D eigenvalue weighted by molar-refractivity contribution is 0.0979. The molecule has 0 aliphatic carbocycles. The summed E-state index contributed by atoms with van der Waals surface area (Å²) < 4.78 is 0. The summed E-state index contributed by atoms with van der Waals surface area (Å²) in [5, 5.41) is 0.453. The first kappa shape index (κ1) is 11.2. The SMILES string of the molecule is CCCCCC(=O)c1ccncc1Cl. The van der Waals surface area contributed by atoms with Gasteiger partial charge in [0.25, 0.3) is 0 Å². The Morgan fingerprint density at radius 3 is 2.93 bits per heavy atom. The van der Waals surface area contributed by atoms with Crippen LogP contribution in [-0.2, 0) is 0 Å². The van der Waals surface area contributed by atoms with E-state index in [1.54, 1.807) is 12.3 Å². The van der Waals surface area contributed by atoms with Crippen LogP contribution in [0.15, 0.2) is 18.5 Å². The van der Waals surface area contributed by atoms with Crippen molar-refractivity contribution in [3.63, 3.8) is 0 Å². The van der Waals surface area contributed by atoms with E-state index < -0.39 is 0 Å². The van der Waals surface area contributed by atoms with Gasteiger partial charge in [0.2, 0.25) is 0 Å². The molecule has 0 radical (unpaired) electrons. The van der Waals surface area contributed by atoms with E-state index >= 15 is 0 Å². The highest BCUT2D eigenvalue weighted by molar-refractivity contribution is 6.33. The molecular weight excluding hydrogens is 198 g/mol. The van der Waals surface area contributed by atoms with E-state index in [-0.39, 0.29) is 5.78 Å². The summed E-state index contributed by atoms with van der Waals surface area (Å²) >= 11 is 5.85. The quantitative estimate of drug-likeness (QED) is 0.551. The maximum Gasteiger partial charge on any atom is 0.164 e. The number of pyridine rings is 1. The standard InChI is InChI=1S/C11H14ClNO/c1-2-3-4-5-11(14)9-6-7-13-8-10(9)12/h6-8H,2-5H2,1H3. The zero-order chi connectivity index (χ0) is 10.4. The molecule has 14 heavy (non-hydrogen) atoms. The Kier molecular flexibility index (Phi) is 4.60. The molecule has 3 heteroatoms. The van der Waals surface area contributed by atoms with E-state index in [0.29, 0.717) is 17.0 Å². The fourth-order valence-corrected chi connectivity index (χ4v) is 1.50. The molecule has 0 bridgehead atoms. The average Bonchev–Trinajstić information content (AvgIpc) is 2.18. The second kappa shape index (κ2) is 5.76. The molecular formula is C11H14ClNO. The van der Waals surface area contributed by atoms with Gasteiger partial charge in [0.05, 0.1) is 5.02 Å². The van der Waals surface area contributed by atoms with Gasteiger partial charge >= 0.3 is 0 Å². The van der Waals surface area contributed by atoms with Gasteiger partial charge in [-0.25, -0.2) is 0 Å². The third kappa shape index (κ3) is 3.11. The topological polar surface area (TPSA) is 30.0 Å². The van der Waals surface area contributed by atoms with Gasteiger partial charge in [-0.2, -0.15) is 0 Å². The molecule has 0 saturated carbocycles. The van der Waals surface area contributed by atoms with Crippen LogP contribution in [0.1, 0.15) is 43.0 Å². The fraction of sp³-hybridized carbons (Fsp3) is 0.455. The molecule has 0 aliphatic heterocycles. The van der Waals surface area contributed by atoms with Gasteiger partial charge < -0.3 is 0 Å². The van der Waals surface area contributed by atoms with Gasteiger partial charge in [-0.05, 0) is 12.5 Å². The van der Waals surface area contributed by atoms with Gasteiger partial charge in [-0.1, -0.05) is 31.4 Å². The highest BCUT2D eigenvalue weighted by Gasteiger charge is 2.08. The van der Waals surface area contributed by atoms with E-state index in [9.17, 15) is 4.79 Å². The first-order chi connectivity index (χ1) is 6.75. The van der Waals surface area contributed by atoms with Gasteiger partial charge in [-0.3, -0.25) is 9.78 Å². The largest absolute Gasteiger partial charge is 0.294 e. The van der Waals surface area contributed by atoms with Crippen molar-refractivity contribution >= 4 is 17.4 Å². The fourth-order valence-electron chi connectivity index (χ4n) is 1.27. The third-order valence-electron chi connectivity index (χ3n) is 2.08. The van der Waals surface area contributed by atoms with Crippen LogP contribution < -0.4 is 0 Å². The molecule has 0 aliphatic rings. The van der Waals surface area contributed by atoms with Crippen LogP contribution in [0.25, 0.3) is 0 Å². The monoisotopic (exact) mass is 211 g/mol. The van der Waals surface area contributed by atoms with E-state index in [0.717, 1.165) is 19.3 Å². The van der Waals surface area contributed by atoms with Crippen molar-refractivity contribution in [3.8, 4) is 0 Å². The molecule has 1 aromatic heterocycles. The van der Waals surface area contributed by atoms with Gasteiger partial charge in [0, 0.05) is 24.4 Å². The number of ketones is 1. The Bertz CT molecular complexity index is 312. The number of rotatable bonds is 5. The van der Waals surface area contributed by atoms with Crippen LogP contribution >= 0.6 is 11.6 Å². The summed E-state index contributed by atoms with van der Waals surface area (Å²) in [5.41, 5.74) is 0.595. The molecule has 0 aromatic carbocycles. The van der Waals surface area contributed by atoms with E-state index in [2.05, 4.69) is 11.9 Å². The van der Waals surface area contributed by atoms with Crippen molar-refractivity contribution in [3.05, 3.63) is 29.0 Å².